The SMILES string of the molecule is CC(C)N1C2C=CC(O2)C1C. The molecule has 2 aliphatic rings. The molecule has 2 aliphatic heterocycles. The molecule has 1 saturated heterocycles. The van der Waals surface area contributed by atoms with Crippen LogP contribution in [0.3, 0.4) is 0 Å². The topological polar surface area (TPSA) is 12.5 Å². The van der Waals surface area contributed by atoms with Gasteiger partial charge in [0.25, 0.3) is 0 Å². The van der Waals surface area contributed by atoms with Gasteiger partial charge in [0.05, 0.1) is 6.10 Å². The normalized spacial score (nSPS) is 42.7. The number of hydrogen-bond donors (Lipinski definition) is 0. The molecule has 3 unspecified atom stereocenters. The van der Waals surface area contributed by atoms with Gasteiger partial charge in [-0.25, -0.2) is 0 Å². The van der Waals surface area contributed by atoms with Crippen LogP contribution in [-0.2, 0) is 4.74 Å². The van der Waals surface area contributed by atoms with E-state index in [0.717, 1.165) is 0 Å². The minimum atomic E-state index is 0.259. The van der Waals surface area contributed by atoms with Crippen molar-refractivity contribution in [2.75, 3.05) is 0 Å². The average molecular weight is 153 g/mol. The standard InChI is InChI=1S/C9H15NO/c1-6(2)10-7(3)8-4-5-9(10)11-8/h4-9H,1-3H3. The molecule has 0 aromatic heterocycles. The van der Waals surface area contributed by atoms with Gasteiger partial charge in [-0.15, -0.1) is 0 Å². The Morgan fingerprint density at radius 3 is 2.45 bits per heavy atom. The van der Waals surface area contributed by atoms with Gasteiger partial charge in [-0.2, -0.15) is 0 Å². The van der Waals surface area contributed by atoms with Crippen molar-refractivity contribution in [3.8, 4) is 0 Å². The molecule has 2 nitrogen and oxygen atoms in total. The number of rotatable bonds is 1. The Balaban J connectivity index is 2.18. The molecule has 2 heterocycles. The van der Waals surface area contributed by atoms with E-state index in [1.807, 2.05) is 0 Å². The zero-order valence-corrected chi connectivity index (χ0v) is 7.32. The van der Waals surface area contributed by atoms with Crippen LogP contribution in [0.25, 0.3) is 0 Å². The van der Waals surface area contributed by atoms with E-state index in [9.17, 15) is 0 Å². The molecular formula is C9H15NO. The number of ether oxygens (including phenoxy) is 1. The molecule has 0 aliphatic carbocycles. The molecule has 2 heteroatoms. The molecule has 0 aromatic rings. The second kappa shape index (κ2) is 2.32. The van der Waals surface area contributed by atoms with Crippen LogP contribution < -0.4 is 0 Å². The fourth-order valence-corrected chi connectivity index (χ4v) is 2.07. The summed E-state index contributed by atoms with van der Waals surface area (Å²) >= 11 is 0. The maximum atomic E-state index is 5.67. The summed E-state index contributed by atoms with van der Waals surface area (Å²) in [5, 5.41) is 0. The zero-order valence-electron chi connectivity index (χ0n) is 7.32. The van der Waals surface area contributed by atoms with E-state index < -0.39 is 0 Å². The van der Waals surface area contributed by atoms with Crippen LogP contribution in [0.5, 0.6) is 0 Å². The van der Waals surface area contributed by atoms with Gasteiger partial charge in [0.2, 0.25) is 0 Å². The third kappa shape index (κ3) is 0.932. The highest BCUT2D eigenvalue weighted by molar-refractivity contribution is 5.12. The van der Waals surface area contributed by atoms with Gasteiger partial charge < -0.3 is 4.74 Å². The number of fused-ring (bicyclic) bond motifs is 2. The quantitative estimate of drug-likeness (QED) is 0.528. The minimum absolute atomic E-state index is 0.259. The summed E-state index contributed by atoms with van der Waals surface area (Å²) in [5.41, 5.74) is 0. The molecule has 0 saturated carbocycles. The molecule has 2 bridgehead atoms. The lowest BCUT2D eigenvalue weighted by Crippen LogP contribution is -2.42. The van der Waals surface area contributed by atoms with Crippen molar-refractivity contribution in [1.29, 1.82) is 0 Å². The van der Waals surface area contributed by atoms with Crippen LogP contribution in [0, 0.1) is 0 Å². The second-order valence-electron chi connectivity index (χ2n) is 3.66. The lowest BCUT2D eigenvalue weighted by Gasteiger charge is -2.30. The molecule has 1 fully saturated rings. The third-order valence-corrected chi connectivity index (χ3v) is 2.60. The Hall–Kier alpha value is -0.340. The van der Waals surface area contributed by atoms with Gasteiger partial charge in [-0.1, -0.05) is 6.08 Å². The average Bonchev–Trinajstić information content (AvgIpc) is 2.44. The molecule has 0 amide bonds. The molecular weight excluding hydrogens is 138 g/mol. The largest absolute Gasteiger partial charge is 0.351 e. The summed E-state index contributed by atoms with van der Waals surface area (Å²) in [7, 11) is 0. The van der Waals surface area contributed by atoms with Crippen LogP contribution in [-0.4, -0.2) is 29.3 Å². The summed E-state index contributed by atoms with van der Waals surface area (Å²) in [6, 6.07) is 1.15. The monoisotopic (exact) mass is 153 g/mol. The summed E-state index contributed by atoms with van der Waals surface area (Å²) in [6.45, 7) is 6.66. The molecule has 62 valence electrons. The van der Waals surface area contributed by atoms with Gasteiger partial charge in [-0.3, -0.25) is 4.90 Å². The van der Waals surface area contributed by atoms with E-state index in [4.69, 9.17) is 4.74 Å². The summed E-state index contributed by atoms with van der Waals surface area (Å²) in [6.07, 6.45) is 4.94. The lowest BCUT2D eigenvalue weighted by atomic mass is 10.1. The third-order valence-electron chi connectivity index (χ3n) is 2.60. The fourth-order valence-electron chi connectivity index (χ4n) is 2.07. The summed E-state index contributed by atoms with van der Waals surface area (Å²) in [5.74, 6) is 0. The van der Waals surface area contributed by atoms with Crippen LogP contribution in [0.15, 0.2) is 12.2 Å². The molecule has 0 N–H and O–H groups in total. The highest BCUT2D eigenvalue weighted by Gasteiger charge is 2.41. The minimum Gasteiger partial charge on any atom is -0.351 e. The highest BCUT2D eigenvalue weighted by atomic mass is 16.5. The van der Waals surface area contributed by atoms with Crippen molar-refractivity contribution in [1.82, 2.24) is 4.90 Å². The highest BCUT2D eigenvalue weighted by Crippen LogP contribution is 2.31. The Kier molecular flexibility index (Phi) is 1.55. The number of nitrogens with zero attached hydrogens (tertiary/aromatic N) is 1. The van der Waals surface area contributed by atoms with Gasteiger partial charge in [0.15, 0.2) is 0 Å². The summed E-state index contributed by atoms with van der Waals surface area (Å²) < 4.78 is 5.67. The van der Waals surface area contributed by atoms with Crippen LogP contribution >= 0.6 is 0 Å². The molecule has 2 rings (SSSR count). The fraction of sp³-hybridized carbons (Fsp3) is 0.778. The van der Waals surface area contributed by atoms with E-state index in [-0.39, 0.29) is 6.23 Å². The second-order valence-corrected chi connectivity index (χ2v) is 3.66. The van der Waals surface area contributed by atoms with Crippen molar-refractivity contribution < 1.29 is 4.74 Å². The van der Waals surface area contributed by atoms with Crippen molar-refractivity contribution >= 4 is 0 Å². The van der Waals surface area contributed by atoms with E-state index in [0.29, 0.717) is 18.2 Å². The lowest BCUT2D eigenvalue weighted by molar-refractivity contribution is 0.0518. The molecule has 11 heavy (non-hydrogen) atoms. The molecule has 0 spiro atoms. The zero-order chi connectivity index (χ0) is 8.01. The van der Waals surface area contributed by atoms with Gasteiger partial charge in [0.1, 0.15) is 6.23 Å². The Labute approximate surface area is 67.8 Å². The first-order valence-corrected chi connectivity index (χ1v) is 4.31. The summed E-state index contributed by atoms with van der Waals surface area (Å²) in [4.78, 5) is 2.41. The number of hydrogen-bond acceptors (Lipinski definition) is 2. The van der Waals surface area contributed by atoms with Crippen molar-refractivity contribution in [3.63, 3.8) is 0 Å². The predicted molar refractivity (Wildman–Crippen MR) is 44.2 cm³/mol. The molecule has 3 atom stereocenters. The van der Waals surface area contributed by atoms with Crippen molar-refractivity contribution in [2.24, 2.45) is 0 Å². The van der Waals surface area contributed by atoms with Gasteiger partial charge >= 0.3 is 0 Å². The van der Waals surface area contributed by atoms with E-state index in [1.54, 1.807) is 0 Å². The predicted octanol–water partition coefficient (Wildman–Crippen LogP) is 1.38. The van der Waals surface area contributed by atoms with Crippen LogP contribution in [0.4, 0.5) is 0 Å². The van der Waals surface area contributed by atoms with Crippen molar-refractivity contribution in [3.05, 3.63) is 12.2 Å². The van der Waals surface area contributed by atoms with Crippen LogP contribution in [0.2, 0.25) is 0 Å². The molecule has 0 radical (unpaired) electrons. The van der Waals surface area contributed by atoms with Gasteiger partial charge in [-0.05, 0) is 26.8 Å². The molecule has 0 aromatic carbocycles. The Morgan fingerprint density at radius 2 is 2.09 bits per heavy atom. The maximum Gasteiger partial charge on any atom is 0.131 e. The van der Waals surface area contributed by atoms with Crippen LogP contribution in [0.1, 0.15) is 20.8 Å². The van der Waals surface area contributed by atoms with E-state index in [1.165, 1.54) is 0 Å². The van der Waals surface area contributed by atoms with Gasteiger partial charge in [0, 0.05) is 12.1 Å². The smallest absolute Gasteiger partial charge is 0.131 e. The Bertz CT molecular complexity index is 188. The first kappa shape index (κ1) is 7.32. The first-order valence-electron chi connectivity index (χ1n) is 4.31. The Morgan fingerprint density at radius 1 is 1.36 bits per heavy atom. The van der Waals surface area contributed by atoms with E-state index >= 15 is 0 Å². The first-order chi connectivity index (χ1) is 5.20. The van der Waals surface area contributed by atoms with Crippen molar-refractivity contribution in [2.45, 2.75) is 45.2 Å². The maximum absolute atomic E-state index is 5.67. The van der Waals surface area contributed by atoms with E-state index in [2.05, 4.69) is 37.8 Å².